The van der Waals surface area contributed by atoms with Crippen LogP contribution in [0.2, 0.25) is 0 Å². The van der Waals surface area contributed by atoms with Crippen molar-refractivity contribution in [2.24, 2.45) is 11.5 Å². The molecule has 2 rings (SSSR count). The number of methoxy groups -OCH3 is 1. The fourth-order valence-corrected chi connectivity index (χ4v) is 2.40. The zero-order valence-corrected chi connectivity index (χ0v) is 11.6. The van der Waals surface area contributed by atoms with Gasteiger partial charge in [0.15, 0.2) is 11.5 Å². The van der Waals surface area contributed by atoms with Gasteiger partial charge >= 0.3 is 0 Å². The minimum atomic E-state index is -1.06. The summed E-state index contributed by atoms with van der Waals surface area (Å²) in [6.07, 6.45) is 1.06. The molecular weight excluding hydrogens is 278 g/mol. The Kier molecular flexibility index (Phi) is 3.99. The highest BCUT2D eigenvalue weighted by molar-refractivity contribution is 5.84. The van der Waals surface area contributed by atoms with Gasteiger partial charge in [0.2, 0.25) is 5.91 Å². The monoisotopic (exact) mass is 295 g/mol. The maximum Gasteiger partial charge on any atom is 0.273 e. The topological polar surface area (TPSA) is 131 Å². The molecule has 1 fully saturated rings. The van der Waals surface area contributed by atoms with Gasteiger partial charge in [-0.3, -0.25) is 14.9 Å². The predicted octanol–water partition coefficient (Wildman–Crippen LogP) is 0.717. The zero-order chi connectivity index (χ0) is 15.6. The quantitative estimate of drug-likeness (QED) is 0.607. The van der Waals surface area contributed by atoms with Crippen LogP contribution in [0.1, 0.15) is 19.3 Å². The number of nitrogens with two attached hydrogens (primary N) is 2. The lowest BCUT2D eigenvalue weighted by Crippen LogP contribution is -2.50. The number of nitrogens with zero attached hydrogens (tertiary/aromatic N) is 1. The van der Waals surface area contributed by atoms with Gasteiger partial charge in [-0.05, 0) is 18.9 Å². The van der Waals surface area contributed by atoms with E-state index in [1.165, 1.54) is 25.3 Å². The molecule has 1 aromatic rings. The van der Waals surface area contributed by atoms with Crippen LogP contribution >= 0.6 is 0 Å². The summed E-state index contributed by atoms with van der Waals surface area (Å²) in [5, 5.41) is 10.7. The van der Waals surface area contributed by atoms with Crippen molar-refractivity contribution in [2.45, 2.75) is 30.9 Å². The van der Waals surface area contributed by atoms with Crippen LogP contribution in [0.25, 0.3) is 0 Å². The lowest BCUT2D eigenvalue weighted by Gasteiger charge is -2.20. The molecule has 4 N–H and O–H groups in total. The number of nitro benzene ring substituents is 1. The number of benzene rings is 1. The van der Waals surface area contributed by atoms with Crippen LogP contribution in [-0.4, -0.2) is 29.6 Å². The smallest absolute Gasteiger partial charge is 0.273 e. The number of carbonyl (C=O) groups is 1. The third kappa shape index (κ3) is 3.05. The molecule has 0 spiro atoms. The van der Waals surface area contributed by atoms with E-state index in [1.54, 1.807) is 0 Å². The minimum Gasteiger partial charge on any atom is -0.493 e. The first-order valence-corrected chi connectivity index (χ1v) is 6.43. The van der Waals surface area contributed by atoms with Gasteiger partial charge in [-0.1, -0.05) is 0 Å². The van der Waals surface area contributed by atoms with Gasteiger partial charge in [0.05, 0.1) is 23.6 Å². The van der Waals surface area contributed by atoms with Crippen molar-refractivity contribution < 1.29 is 19.2 Å². The second kappa shape index (κ2) is 5.57. The van der Waals surface area contributed by atoms with Crippen molar-refractivity contribution in [3.63, 3.8) is 0 Å². The molecule has 1 amide bonds. The van der Waals surface area contributed by atoms with Crippen molar-refractivity contribution >= 4 is 11.6 Å². The lowest BCUT2D eigenvalue weighted by molar-refractivity contribution is -0.385. The van der Waals surface area contributed by atoms with Gasteiger partial charge in [0.25, 0.3) is 5.69 Å². The first-order chi connectivity index (χ1) is 9.85. The highest BCUT2D eigenvalue weighted by atomic mass is 16.6. The fraction of sp³-hybridized carbons (Fsp3) is 0.462. The molecule has 1 aromatic carbocycles. The van der Waals surface area contributed by atoms with E-state index < -0.39 is 16.4 Å². The van der Waals surface area contributed by atoms with Gasteiger partial charge in [-0.2, -0.15) is 0 Å². The van der Waals surface area contributed by atoms with Gasteiger partial charge in [0.1, 0.15) is 6.10 Å². The molecular formula is C13H17N3O5. The summed E-state index contributed by atoms with van der Waals surface area (Å²) in [4.78, 5) is 21.5. The highest BCUT2D eigenvalue weighted by Gasteiger charge is 2.41. The summed E-state index contributed by atoms with van der Waals surface area (Å²) in [5.41, 5.74) is 10.0. The van der Waals surface area contributed by atoms with E-state index in [1.807, 2.05) is 0 Å². The van der Waals surface area contributed by atoms with E-state index in [-0.39, 0.29) is 17.5 Å². The fourth-order valence-electron chi connectivity index (χ4n) is 2.40. The first-order valence-electron chi connectivity index (χ1n) is 6.43. The van der Waals surface area contributed by atoms with Gasteiger partial charge < -0.3 is 20.9 Å². The Morgan fingerprint density at radius 2 is 2.19 bits per heavy atom. The Hall–Kier alpha value is -2.35. The maximum atomic E-state index is 11.3. The Morgan fingerprint density at radius 1 is 1.48 bits per heavy atom. The van der Waals surface area contributed by atoms with E-state index in [0.29, 0.717) is 25.0 Å². The number of hydrogen-bond acceptors (Lipinski definition) is 6. The summed E-state index contributed by atoms with van der Waals surface area (Å²) >= 11 is 0. The number of nitro groups is 1. The van der Waals surface area contributed by atoms with Gasteiger partial charge in [0, 0.05) is 12.5 Å². The molecule has 0 saturated heterocycles. The third-order valence-corrected chi connectivity index (χ3v) is 3.65. The Balaban J connectivity index is 2.14. The standard InChI is InChI=1S/C13H17N3O5/c1-20-11-6-8(16(18)19)2-3-10(11)21-9-4-5-13(15,7-9)12(14)17/h2-3,6,9H,4-5,7,15H2,1H3,(H2,14,17). The largest absolute Gasteiger partial charge is 0.493 e. The average Bonchev–Trinajstić information content (AvgIpc) is 2.82. The number of rotatable bonds is 5. The van der Waals surface area contributed by atoms with Gasteiger partial charge in [-0.15, -0.1) is 0 Å². The summed E-state index contributed by atoms with van der Waals surface area (Å²) in [6.45, 7) is 0. The molecule has 1 aliphatic carbocycles. The van der Waals surface area contributed by atoms with E-state index in [0.717, 1.165) is 0 Å². The van der Waals surface area contributed by atoms with Crippen LogP contribution in [0.4, 0.5) is 5.69 Å². The number of non-ortho nitro benzene ring substituents is 1. The van der Waals surface area contributed by atoms with E-state index in [9.17, 15) is 14.9 Å². The third-order valence-electron chi connectivity index (χ3n) is 3.65. The second-order valence-electron chi connectivity index (χ2n) is 5.10. The van der Waals surface area contributed by atoms with Crippen LogP contribution in [-0.2, 0) is 4.79 Å². The van der Waals surface area contributed by atoms with Crippen molar-refractivity contribution in [3.8, 4) is 11.5 Å². The summed E-state index contributed by atoms with van der Waals surface area (Å²) in [5.74, 6) is 0.0869. The van der Waals surface area contributed by atoms with E-state index in [4.69, 9.17) is 20.9 Å². The van der Waals surface area contributed by atoms with Crippen molar-refractivity contribution in [1.82, 2.24) is 0 Å². The molecule has 1 saturated carbocycles. The molecule has 21 heavy (non-hydrogen) atoms. The van der Waals surface area contributed by atoms with Crippen LogP contribution in [0.5, 0.6) is 11.5 Å². The van der Waals surface area contributed by atoms with Crippen LogP contribution in [0, 0.1) is 10.1 Å². The molecule has 0 radical (unpaired) electrons. The van der Waals surface area contributed by atoms with E-state index >= 15 is 0 Å². The minimum absolute atomic E-state index is 0.0871. The molecule has 2 unspecified atom stereocenters. The van der Waals surface area contributed by atoms with Crippen molar-refractivity contribution in [1.29, 1.82) is 0 Å². The van der Waals surface area contributed by atoms with E-state index in [2.05, 4.69) is 0 Å². The zero-order valence-electron chi connectivity index (χ0n) is 11.6. The number of hydrogen-bond donors (Lipinski definition) is 2. The Bertz CT molecular complexity index is 577. The summed E-state index contributed by atoms with van der Waals surface area (Å²) < 4.78 is 10.8. The first kappa shape index (κ1) is 15.0. The summed E-state index contributed by atoms with van der Waals surface area (Å²) in [6, 6.07) is 4.09. The number of amides is 1. The van der Waals surface area contributed by atoms with Crippen LogP contribution < -0.4 is 20.9 Å². The second-order valence-corrected chi connectivity index (χ2v) is 5.10. The number of ether oxygens (including phenoxy) is 2. The molecule has 0 aromatic heterocycles. The normalized spacial score (nSPS) is 24.6. The molecule has 114 valence electrons. The van der Waals surface area contributed by atoms with Gasteiger partial charge in [-0.25, -0.2) is 0 Å². The molecule has 2 atom stereocenters. The molecule has 8 heteroatoms. The Labute approximate surface area is 121 Å². The van der Waals surface area contributed by atoms with Crippen LogP contribution in [0.15, 0.2) is 18.2 Å². The SMILES string of the molecule is COc1cc([N+](=O)[O-])ccc1OC1CCC(N)(C(N)=O)C1. The Morgan fingerprint density at radius 3 is 2.71 bits per heavy atom. The lowest BCUT2D eigenvalue weighted by atomic mass is 9.99. The predicted molar refractivity (Wildman–Crippen MR) is 74.0 cm³/mol. The summed E-state index contributed by atoms with van der Waals surface area (Å²) in [7, 11) is 1.40. The molecule has 0 heterocycles. The van der Waals surface area contributed by atoms with Crippen molar-refractivity contribution in [3.05, 3.63) is 28.3 Å². The number of carbonyl (C=O) groups excluding carboxylic acids is 1. The molecule has 8 nitrogen and oxygen atoms in total. The number of primary amides is 1. The van der Waals surface area contributed by atoms with Crippen molar-refractivity contribution in [2.75, 3.05) is 7.11 Å². The molecule has 0 bridgehead atoms. The average molecular weight is 295 g/mol. The highest BCUT2D eigenvalue weighted by Crippen LogP contribution is 2.36. The molecule has 1 aliphatic rings. The molecule has 0 aliphatic heterocycles. The maximum absolute atomic E-state index is 11.3. The van der Waals surface area contributed by atoms with Crippen LogP contribution in [0.3, 0.4) is 0 Å².